The van der Waals surface area contributed by atoms with Gasteiger partial charge in [0.2, 0.25) is 0 Å². The highest BCUT2D eigenvalue weighted by molar-refractivity contribution is 8.00. The zero-order chi connectivity index (χ0) is 14.6. The first-order valence-corrected chi connectivity index (χ1v) is 7.61. The average molecular weight is 288 g/mol. The molecule has 0 spiro atoms. The van der Waals surface area contributed by atoms with Gasteiger partial charge in [0.25, 0.3) is 0 Å². The molecule has 2 N–H and O–H groups in total. The highest BCUT2D eigenvalue weighted by Crippen LogP contribution is 2.29. The molecule has 0 aromatic carbocycles. The first-order chi connectivity index (χ1) is 8.71. The van der Waals surface area contributed by atoms with E-state index in [0.717, 1.165) is 12.3 Å². The van der Waals surface area contributed by atoms with Gasteiger partial charge in [-0.1, -0.05) is 13.8 Å². The number of aliphatic carboxylic acids is 1. The topological polar surface area (TPSA) is 69.6 Å². The second-order valence-electron chi connectivity index (χ2n) is 5.93. The molecule has 0 radical (unpaired) electrons. The normalized spacial score (nSPS) is 20.2. The molecule has 1 saturated heterocycles. The highest BCUT2D eigenvalue weighted by Gasteiger charge is 2.31. The summed E-state index contributed by atoms with van der Waals surface area (Å²) in [4.78, 5) is 24.8. The molecule has 0 saturated carbocycles. The molecule has 5 nitrogen and oxygen atoms in total. The zero-order valence-electron chi connectivity index (χ0n) is 12.1. The Kier molecular flexibility index (Phi) is 5.52. The number of carbonyl (C=O) groups is 2. The first-order valence-electron chi connectivity index (χ1n) is 6.62. The van der Waals surface area contributed by atoms with Gasteiger partial charge >= 0.3 is 12.0 Å². The van der Waals surface area contributed by atoms with Crippen molar-refractivity contribution >= 4 is 23.8 Å². The minimum Gasteiger partial charge on any atom is -0.481 e. The van der Waals surface area contributed by atoms with Gasteiger partial charge in [-0.25, -0.2) is 4.79 Å². The quantitative estimate of drug-likeness (QED) is 0.830. The second kappa shape index (κ2) is 6.50. The lowest BCUT2D eigenvalue weighted by Crippen LogP contribution is -2.53. The smallest absolute Gasteiger partial charge is 0.317 e. The number of hydrogen-bond acceptors (Lipinski definition) is 3. The summed E-state index contributed by atoms with van der Waals surface area (Å²) >= 11 is 1.86. The molecule has 0 aliphatic carbocycles. The Bertz CT molecular complexity index is 345. The van der Waals surface area contributed by atoms with E-state index >= 15 is 0 Å². The molecular weight excluding hydrogens is 264 g/mol. The van der Waals surface area contributed by atoms with Gasteiger partial charge in [0.1, 0.15) is 0 Å². The minimum absolute atomic E-state index is 0.0324. The van der Waals surface area contributed by atoms with Crippen molar-refractivity contribution in [1.82, 2.24) is 10.2 Å². The van der Waals surface area contributed by atoms with Crippen molar-refractivity contribution in [2.24, 2.45) is 5.92 Å². The molecule has 1 aliphatic heterocycles. The summed E-state index contributed by atoms with van der Waals surface area (Å²) in [5.41, 5.74) is 0. The SMILES string of the molecule is CC(C)C(CC(=O)O)NC(=O)N1CCSC(C)(C)C1. The van der Waals surface area contributed by atoms with E-state index in [1.54, 1.807) is 4.90 Å². The van der Waals surface area contributed by atoms with Crippen molar-refractivity contribution in [3.63, 3.8) is 0 Å². The number of nitrogens with zero attached hydrogens (tertiary/aromatic N) is 1. The maximum atomic E-state index is 12.2. The molecule has 110 valence electrons. The predicted molar refractivity (Wildman–Crippen MR) is 77.5 cm³/mol. The summed E-state index contributed by atoms with van der Waals surface area (Å²) in [7, 11) is 0. The predicted octanol–water partition coefficient (Wildman–Crippen LogP) is 2.02. The fourth-order valence-corrected chi connectivity index (χ4v) is 3.19. The van der Waals surface area contributed by atoms with E-state index in [-0.39, 0.29) is 29.2 Å². The molecule has 0 aromatic rings. The number of carboxylic acid groups (broad SMARTS) is 1. The van der Waals surface area contributed by atoms with Crippen LogP contribution in [0.5, 0.6) is 0 Å². The molecule has 0 aromatic heterocycles. The number of rotatable bonds is 4. The Morgan fingerprint density at radius 2 is 2.05 bits per heavy atom. The van der Waals surface area contributed by atoms with Crippen molar-refractivity contribution in [2.75, 3.05) is 18.8 Å². The molecule has 0 bridgehead atoms. The van der Waals surface area contributed by atoms with Gasteiger partial charge in [-0.05, 0) is 19.8 Å². The minimum atomic E-state index is -0.881. The van der Waals surface area contributed by atoms with Crippen molar-refractivity contribution < 1.29 is 14.7 Å². The van der Waals surface area contributed by atoms with Gasteiger partial charge < -0.3 is 15.3 Å². The summed E-state index contributed by atoms with van der Waals surface area (Å²) in [5, 5.41) is 11.7. The van der Waals surface area contributed by atoms with E-state index in [9.17, 15) is 9.59 Å². The van der Waals surface area contributed by atoms with E-state index in [1.807, 2.05) is 25.6 Å². The lowest BCUT2D eigenvalue weighted by Gasteiger charge is -2.38. The van der Waals surface area contributed by atoms with Crippen molar-refractivity contribution in [1.29, 1.82) is 0 Å². The van der Waals surface area contributed by atoms with E-state index in [0.29, 0.717) is 6.54 Å². The van der Waals surface area contributed by atoms with Crippen molar-refractivity contribution in [2.45, 2.75) is 44.9 Å². The third-order valence-corrected chi connectivity index (χ3v) is 4.52. The van der Waals surface area contributed by atoms with Crippen molar-refractivity contribution in [3.8, 4) is 0 Å². The van der Waals surface area contributed by atoms with E-state index < -0.39 is 5.97 Å². The van der Waals surface area contributed by atoms with Crippen LogP contribution in [0.1, 0.15) is 34.1 Å². The monoisotopic (exact) mass is 288 g/mol. The van der Waals surface area contributed by atoms with Crippen LogP contribution in [0.15, 0.2) is 0 Å². The van der Waals surface area contributed by atoms with Crippen LogP contribution in [0.3, 0.4) is 0 Å². The number of hydrogen-bond donors (Lipinski definition) is 2. The van der Waals surface area contributed by atoms with Gasteiger partial charge in [0.05, 0.1) is 6.42 Å². The maximum absolute atomic E-state index is 12.2. The first kappa shape index (κ1) is 16.1. The Morgan fingerprint density at radius 3 is 2.53 bits per heavy atom. The average Bonchev–Trinajstić information content (AvgIpc) is 2.25. The lowest BCUT2D eigenvalue weighted by molar-refractivity contribution is -0.137. The van der Waals surface area contributed by atoms with Crippen LogP contribution in [0.2, 0.25) is 0 Å². The summed E-state index contributed by atoms with van der Waals surface area (Å²) in [6.07, 6.45) is -0.0324. The third kappa shape index (κ3) is 5.30. The summed E-state index contributed by atoms with van der Waals surface area (Å²) in [5.74, 6) is 0.145. The van der Waals surface area contributed by atoms with Gasteiger partial charge in [-0.15, -0.1) is 0 Å². The number of amides is 2. The van der Waals surface area contributed by atoms with Crippen molar-refractivity contribution in [3.05, 3.63) is 0 Å². The summed E-state index contributed by atoms with van der Waals surface area (Å²) in [6, 6.07) is -0.462. The van der Waals surface area contributed by atoms with Gasteiger partial charge in [0.15, 0.2) is 0 Å². The Balaban J connectivity index is 2.59. The standard InChI is InChI=1S/C13H24N2O3S/c1-9(2)10(7-11(16)17)14-12(18)15-5-6-19-13(3,4)8-15/h9-10H,5-8H2,1-4H3,(H,14,18)(H,16,17). The summed E-state index contributed by atoms with van der Waals surface area (Å²) in [6.45, 7) is 9.50. The number of carbonyl (C=O) groups excluding carboxylic acids is 1. The second-order valence-corrected chi connectivity index (χ2v) is 7.73. The van der Waals surface area contributed by atoms with Gasteiger partial charge in [-0.3, -0.25) is 4.79 Å². The van der Waals surface area contributed by atoms with E-state index in [4.69, 9.17) is 5.11 Å². The molecule has 1 unspecified atom stereocenters. The highest BCUT2D eigenvalue weighted by atomic mass is 32.2. The Hall–Kier alpha value is -0.910. The van der Waals surface area contributed by atoms with E-state index in [2.05, 4.69) is 19.2 Å². The van der Waals surface area contributed by atoms with Crippen LogP contribution in [0, 0.1) is 5.92 Å². The van der Waals surface area contributed by atoms with Crippen LogP contribution in [0.4, 0.5) is 4.79 Å². The van der Waals surface area contributed by atoms with Crippen LogP contribution >= 0.6 is 11.8 Å². The van der Waals surface area contributed by atoms with Crippen LogP contribution in [-0.2, 0) is 4.79 Å². The Morgan fingerprint density at radius 1 is 1.42 bits per heavy atom. The van der Waals surface area contributed by atoms with Gasteiger partial charge in [-0.2, -0.15) is 11.8 Å². The molecule has 1 rings (SSSR count). The fraction of sp³-hybridized carbons (Fsp3) is 0.846. The molecule has 1 heterocycles. The third-order valence-electron chi connectivity index (χ3n) is 3.22. The van der Waals surface area contributed by atoms with E-state index in [1.165, 1.54) is 0 Å². The zero-order valence-corrected chi connectivity index (χ0v) is 12.9. The summed E-state index contributed by atoms with van der Waals surface area (Å²) < 4.78 is 0.0652. The van der Waals surface area contributed by atoms with Gasteiger partial charge in [0, 0.05) is 29.6 Å². The number of thioether (sulfide) groups is 1. The van der Waals surface area contributed by atoms with Crippen LogP contribution in [-0.4, -0.2) is 51.6 Å². The molecule has 1 atom stereocenters. The van der Waals surface area contributed by atoms with Crippen LogP contribution in [0.25, 0.3) is 0 Å². The molecule has 6 heteroatoms. The number of nitrogens with one attached hydrogen (secondary N) is 1. The molecule has 2 amide bonds. The molecule has 19 heavy (non-hydrogen) atoms. The number of urea groups is 1. The van der Waals surface area contributed by atoms with Crippen LogP contribution < -0.4 is 5.32 Å². The molecular formula is C13H24N2O3S. The maximum Gasteiger partial charge on any atom is 0.317 e. The molecule has 1 fully saturated rings. The Labute approximate surface area is 119 Å². The largest absolute Gasteiger partial charge is 0.481 e. The molecule has 1 aliphatic rings. The lowest BCUT2D eigenvalue weighted by atomic mass is 10.0. The number of carboxylic acids is 1. The fourth-order valence-electron chi connectivity index (χ4n) is 2.08.